The first-order valence-electron chi connectivity index (χ1n) is 5.31. The molecule has 0 aliphatic carbocycles. The van der Waals surface area contributed by atoms with Crippen molar-refractivity contribution in [2.24, 2.45) is 5.73 Å². The van der Waals surface area contributed by atoms with Crippen LogP contribution in [0.2, 0.25) is 0 Å². The highest BCUT2D eigenvalue weighted by molar-refractivity contribution is 5.85. The Kier molecular flexibility index (Phi) is 6.99. The molecule has 0 bridgehead atoms. The van der Waals surface area contributed by atoms with E-state index >= 15 is 0 Å². The lowest BCUT2D eigenvalue weighted by Gasteiger charge is -2.13. The lowest BCUT2D eigenvalue weighted by Crippen LogP contribution is -2.12. The van der Waals surface area contributed by atoms with Gasteiger partial charge in [-0.05, 0) is 29.3 Å². The Morgan fingerprint density at radius 3 is 2.00 bits per heavy atom. The molecule has 7 heteroatoms. The molecule has 0 spiro atoms. The molecule has 110 valence electrons. The highest BCUT2D eigenvalue weighted by Gasteiger charge is 2.30. The average Bonchev–Trinajstić information content (AvgIpc) is 2.38. The van der Waals surface area contributed by atoms with Crippen LogP contribution in [-0.4, -0.2) is 4.98 Å². The molecule has 20 heavy (non-hydrogen) atoms. The first-order valence-corrected chi connectivity index (χ1v) is 5.31. The molecule has 2 aromatic rings. The maximum Gasteiger partial charge on any atom is 0.416 e. The highest BCUT2D eigenvalue weighted by Crippen LogP contribution is 2.30. The maximum atomic E-state index is 12.4. The second kappa shape index (κ2) is 7.47. The standard InChI is InChI=1S/C13H11F3N2.2ClH/c14-13(15,16)11-5-3-9(4-6-11)12(17)10-2-1-7-18-8-10;;/h1-8,12H,17H2;2*1H. The zero-order chi connectivity index (χ0) is 13.2. The SMILES string of the molecule is Cl.Cl.NC(c1ccc(C(F)(F)F)cc1)c1cccnc1. The molecule has 0 radical (unpaired) electrons. The van der Waals surface area contributed by atoms with Crippen LogP contribution in [0.4, 0.5) is 13.2 Å². The Balaban J connectivity index is 0.00000180. The summed E-state index contributed by atoms with van der Waals surface area (Å²) in [5, 5.41) is 0. The van der Waals surface area contributed by atoms with Gasteiger partial charge in [0.2, 0.25) is 0 Å². The van der Waals surface area contributed by atoms with Crippen LogP contribution in [0.3, 0.4) is 0 Å². The molecule has 0 aliphatic rings. The Hall–Kier alpha value is -1.30. The zero-order valence-electron chi connectivity index (χ0n) is 10.2. The van der Waals surface area contributed by atoms with E-state index < -0.39 is 17.8 Å². The third-order valence-electron chi connectivity index (χ3n) is 2.64. The molecule has 1 unspecified atom stereocenters. The summed E-state index contributed by atoms with van der Waals surface area (Å²) in [6, 6.07) is 7.90. The number of hydrogen-bond acceptors (Lipinski definition) is 2. The predicted molar refractivity (Wildman–Crippen MR) is 76.2 cm³/mol. The van der Waals surface area contributed by atoms with Gasteiger partial charge in [-0.3, -0.25) is 4.98 Å². The largest absolute Gasteiger partial charge is 0.416 e. The summed E-state index contributed by atoms with van der Waals surface area (Å²) in [6.45, 7) is 0. The van der Waals surface area contributed by atoms with Gasteiger partial charge in [-0.1, -0.05) is 18.2 Å². The molecule has 1 aromatic heterocycles. The van der Waals surface area contributed by atoms with E-state index in [-0.39, 0.29) is 24.8 Å². The van der Waals surface area contributed by atoms with E-state index in [0.717, 1.165) is 17.7 Å². The molecule has 2 N–H and O–H groups in total. The summed E-state index contributed by atoms with van der Waals surface area (Å²) in [4.78, 5) is 3.93. The van der Waals surface area contributed by atoms with Gasteiger partial charge in [-0.2, -0.15) is 13.2 Å². The van der Waals surface area contributed by atoms with Crippen LogP contribution in [0.5, 0.6) is 0 Å². The molecule has 1 aromatic carbocycles. The number of aromatic nitrogens is 1. The Labute approximate surface area is 127 Å². The zero-order valence-corrected chi connectivity index (χ0v) is 11.8. The molecule has 1 heterocycles. The van der Waals surface area contributed by atoms with Crippen LogP contribution in [0.25, 0.3) is 0 Å². The molecular weight excluding hydrogens is 312 g/mol. The topological polar surface area (TPSA) is 38.9 Å². The molecule has 2 rings (SSSR count). The summed E-state index contributed by atoms with van der Waals surface area (Å²) >= 11 is 0. The fraction of sp³-hybridized carbons (Fsp3) is 0.154. The van der Waals surface area contributed by atoms with Crippen molar-refractivity contribution >= 4 is 24.8 Å². The van der Waals surface area contributed by atoms with E-state index in [9.17, 15) is 13.2 Å². The number of halogens is 5. The highest BCUT2D eigenvalue weighted by atomic mass is 35.5. The van der Waals surface area contributed by atoms with E-state index in [1.165, 1.54) is 12.1 Å². The van der Waals surface area contributed by atoms with Crippen LogP contribution in [0, 0.1) is 0 Å². The minimum Gasteiger partial charge on any atom is -0.320 e. The van der Waals surface area contributed by atoms with Crippen molar-refractivity contribution in [3.8, 4) is 0 Å². The number of hydrogen-bond donors (Lipinski definition) is 1. The lowest BCUT2D eigenvalue weighted by molar-refractivity contribution is -0.137. The summed E-state index contributed by atoms with van der Waals surface area (Å²) in [5.41, 5.74) is 6.66. The minimum absolute atomic E-state index is 0. The number of pyridine rings is 1. The van der Waals surface area contributed by atoms with Crippen molar-refractivity contribution in [2.75, 3.05) is 0 Å². The summed E-state index contributed by atoms with van der Waals surface area (Å²) in [5.74, 6) is 0. The molecule has 2 nitrogen and oxygen atoms in total. The minimum atomic E-state index is -4.32. The van der Waals surface area contributed by atoms with Crippen LogP contribution in [-0.2, 0) is 6.18 Å². The van der Waals surface area contributed by atoms with E-state index in [2.05, 4.69) is 4.98 Å². The van der Waals surface area contributed by atoms with Crippen LogP contribution < -0.4 is 5.73 Å². The van der Waals surface area contributed by atoms with Crippen molar-refractivity contribution in [1.82, 2.24) is 4.98 Å². The first-order chi connectivity index (χ1) is 8.48. The fourth-order valence-corrected chi connectivity index (χ4v) is 1.63. The third-order valence-corrected chi connectivity index (χ3v) is 2.64. The fourth-order valence-electron chi connectivity index (χ4n) is 1.63. The number of nitrogens with zero attached hydrogens (tertiary/aromatic N) is 1. The van der Waals surface area contributed by atoms with E-state index in [1.54, 1.807) is 24.5 Å². The van der Waals surface area contributed by atoms with Crippen LogP contribution in [0.1, 0.15) is 22.7 Å². The predicted octanol–water partition coefficient (Wildman–Crippen LogP) is 3.99. The monoisotopic (exact) mass is 324 g/mol. The van der Waals surface area contributed by atoms with Gasteiger partial charge in [0.15, 0.2) is 0 Å². The van der Waals surface area contributed by atoms with Gasteiger partial charge in [0, 0.05) is 12.4 Å². The Morgan fingerprint density at radius 2 is 1.55 bits per heavy atom. The lowest BCUT2D eigenvalue weighted by atomic mass is 10.00. The summed E-state index contributed by atoms with van der Waals surface area (Å²) in [7, 11) is 0. The number of alkyl halides is 3. The average molecular weight is 325 g/mol. The van der Waals surface area contributed by atoms with E-state index in [4.69, 9.17) is 5.73 Å². The van der Waals surface area contributed by atoms with Crippen molar-refractivity contribution in [3.63, 3.8) is 0 Å². The number of nitrogens with two attached hydrogens (primary N) is 1. The second-order valence-corrected chi connectivity index (χ2v) is 3.88. The normalized spacial score (nSPS) is 12.0. The molecule has 1 atom stereocenters. The van der Waals surface area contributed by atoms with Crippen molar-refractivity contribution in [1.29, 1.82) is 0 Å². The molecular formula is C13H13Cl2F3N2. The molecule has 0 saturated carbocycles. The van der Waals surface area contributed by atoms with E-state index in [1.807, 2.05) is 0 Å². The van der Waals surface area contributed by atoms with Gasteiger partial charge in [0.05, 0.1) is 11.6 Å². The maximum absolute atomic E-state index is 12.4. The number of benzene rings is 1. The van der Waals surface area contributed by atoms with Crippen molar-refractivity contribution < 1.29 is 13.2 Å². The summed E-state index contributed by atoms with van der Waals surface area (Å²) in [6.07, 6.45) is -1.11. The van der Waals surface area contributed by atoms with Gasteiger partial charge < -0.3 is 5.73 Å². The Morgan fingerprint density at radius 1 is 0.950 bits per heavy atom. The van der Waals surface area contributed by atoms with Gasteiger partial charge in [-0.15, -0.1) is 24.8 Å². The van der Waals surface area contributed by atoms with Crippen molar-refractivity contribution in [2.45, 2.75) is 12.2 Å². The quantitative estimate of drug-likeness (QED) is 0.907. The molecule has 0 saturated heterocycles. The van der Waals surface area contributed by atoms with Crippen LogP contribution >= 0.6 is 24.8 Å². The van der Waals surface area contributed by atoms with Crippen molar-refractivity contribution in [3.05, 3.63) is 65.5 Å². The third kappa shape index (κ3) is 4.37. The molecule has 0 aliphatic heterocycles. The van der Waals surface area contributed by atoms with Gasteiger partial charge >= 0.3 is 6.18 Å². The van der Waals surface area contributed by atoms with Gasteiger partial charge in [0.25, 0.3) is 0 Å². The first kappa shape index (κ1) is 18.7. The van der Waals surface area contributed by atoms with Gasteiger partial charge in [-0.25, -0.2) is 0 Å². The van der Waals surface area contributed by atoms with Crippen LogP contribution in [0.15, 0.2) is 48.8 Å². The summed E-state index contributed by atoms with van der Waals surface area (Å²) < 4.78 is 37.2. The molecule has 0 amide bonds. The molecule has 0 fully saturated rings. The number of rotatable bonds is 2. The smallest absolute Gasteiger partial charge is 0.320 e. The second-order valence-electron chi connectivity index (χ2n) is 3.88. The van der Waals surface area contributed by atoms with Gasteiger partial charge in [0.1, 0.15) is 0 Å². The van der Waals surface area contributed by atoms with E-state index in [0.29, 0.717) is 5.56 Å². The Bertz CT molecular complexity index is 515.